The zero-order valence-electron chi connectivity index (χ0n) is 12.7. The molecule has 0 spiro atoms. The lowest BCUT2D eigenvalue weighted by atomic mass is 10.1. The molecule has 23 heavy (non-hydrogen) atoms. The van der Waals surface area contributed by atoms with Gasteiger partial charge in [0.15, 0.2) is 5.82 Å². The van der Waals surface area contributed by atoms with Gasteiger partial charge in [-0.15, -0.1) is 0 Å². The van der Waals surface area contributed by atoms with Gasteiger partial charge in [-0.05, 0) is 13.0 Å². The SMILES string of the molecule is Cc1c(-c2ccccc2)nn(C)c1NC(=O)c1ccncc1F. The fourth-order valence-electron chi connectivity index (χ4n) is 2.41. The maximum absolute atomic E-state index is 13.7. The lowest BCUT2D eigenvalue weighted by molar-refractivity contribution is 0.102. The molecule has 5 nitrogen and oxygen atoms in total. The van der Waals surface area contributed by atoms with Crippen molar-refractivity contribution in [2.24, 2.45) is 7.05 Å². The summed E-state index contributed by atoms with van der Waals surface area (Å²) in [7, 11) is 1.73. The van der Waals surface area contributed by atoms with Crippen LogP contribution in [0.2, 0.25) is 0 Å². The first kappa shape index (κ1) is 14.9. The van der Waals surface area contributed by atoms with Crippen LogP contribution in [0.15, 0.2) is 48.8 Å². The first-order valence-electron chi connectivity index (χ1n) is 7.08. The largest absolute Gasteiger partial charge is 0.306 e. The number of benzene rings is 1. The van der Waals surface area contributed by atoms with E-state index in [4.69, 9.17) is 0 Å². The third-order valence-electron chi connectivity index (χ3n) is 3.58. The number of nitrogens with zero attached hydrogens (tertiary/aromatic N) is 3. The predicted molar refractivity (Wildman–Crippen MR) is 85.5 cm³/mol. The topological polar surface area (TPSA) is 59.8 Å². The van der Waals surface area contributed by atoms with Gasteiger partial charge in [-0.25, -0.2) is 4.39 Å². The summed E-state index contributed by atoms with van der Waals surface area (Å²) in [6, 6.07) is 11.0. The summed E-state index contributed by atoms with van der Waals surface area (Å²) in [5, 5.41) is 7.16. The number of hydrogen-bond acceptors (Lipinski definition) is 3. The number of halogens is 1. The number of amides is 1. The molecule has 0 bridgehead atoms. The van der Waals surface area contributed by atoms with Crippen LogP contribution in [-0.4, -0.2) is 20.7 Å². The minimum atomic E-state index is -0.659. The monoisotopic (exact) mass is 310 g/mol. The Kier molecular flexibility index (Phi) is 3.89. The smallest absolute Gasteiger partial charge is 0.259 e. The van der Waals surface area contributed by atoms with E-state index in [1.807, 2.05) is 37.3 Å². The molecule has 116 valence electrons. The van der Waals surface area contributed by atoms with Crippen molar-refractivity contribution in [2.75, 3.05) is 5.32 Å². The van der Waals surface area contributed by atoms with E-state index >= 15 is 0 Å². The molecule has 0 atom stereocenters. The van der Waals surface area contributed by atoms with Crippen molar-refractivity contribution < 1.29 is 9.18 Å². The van der Waals surface area contributed by atoms with Crippen molar-refractivity contribution in [3.63, 3.8) is 0 Å². The van der Waals surface area contributed by atoms with Crippen molar-refractivity contribution in [3.05, 3.63) is 65.7 Å². The van der Waals surface area contributed by atoms with Crippen LogP contribution in [0.3, 0.4) is 0 Å². The summed E-state index contributed by atoms with van der Waals surface area (Å²) in [6.07, 6.45) is 2.39. The molecule has 2 heterocycles. The quantitative estimate of drug-likeness (QED) is 0.808. The number of aromatic nitrogens is 3. The van der Waals surface area contributed by atoms with E-state index < -0.39 is 11.7 Å². The van der Waals surface area contributed by atoms with Crippen molar-refractivity contribution in [3.8, 4) is 11.3 Å². The lowest BCUT2D eigenvalue weighted by Gasteiger charge is -2.07. The summed E-state index contributed by atoms with van der Waals surface area (Å²) in [5.74, 6) is -0.659. The van der Waals surface area contributed by atoms with Gasteiger partial charge in [0.25, 0.3) is 5.91 Å². The third-order valence-corrected chi connectivity index (χ3v) is 3.58. The maximum Gasteiger partial charge on any atom is 0.259 e. The number of aryl methyl sites for hydroxylation is 1. The summed E-state index contributed by atoms with van der Waals surface area (Å²) in [5.41, 5.74) is 2.50. The van der Waals surface area contributed by atoms with Gasteiger partial charge >= 0.3 is 0 Å². The summed E-state index contributed by atoms with van der Waals surface area (Å²) < 4.78 is 15.2. The molecule has 3 aromatic rings. The Balaban J connectivity index is 1.94. The van der Waals surface area contributed by atoms with Gasteiger partial charge in [0.1, 0.15) is 5.82 Å². The van der Waals surface area contributed by atoms with Gasteiger partial charge in [0.2, 0.25) is 0 Å². The molecule has 0 aliphatic carbocycles. The van der Waals surface area contributed by atoms with Crippen molar-refractivity contribution in [1.29, 1.82) is 0 Å². The standard InChI is InChI=1S/C17H15FN4O/c1-11-15(12-6-4-3-5-7-12)21-22(2)16(11)20-17(23)13-8-9-19-10-14(13)18/h3-10H,1-2H3,(H,20,23). The second-order valence-electron chi connectivity index (χ2n) is 5.12. The third kappa shape index (κ3) is 2.83. The minimum absolute atomic E-state index is 0.0538. The Morgan fingerprint density at radius 2 is 1.96 bits per heavy atom. The zero-order valence-corrected chi connectivity index (χ0v) is 12.7. The molecule has 1 N–H and O–H groups in total. The molecular formula is C17H15FN4O. The van der Waals surface area contributed by atoms with Gasteiger partial charge in [-0.3, -0.25) is 14.5 Å². The highest BCUT2D eigenvalue weighted by atomic mass is 19.1. The predicted octanol–water partition coefficient (Wildman–Crippen LogP) is 3.18. The highest BCUT2D eigenvalue weighted by molar-refractivity contribution is 6.04. The molecule has 0 radical (unpaired) electrons. The number of hydrogen-bond donors (Lipinski definition) is 1. The Morgan fingerprint density at radius 1 is 1.22 bits per heavy atom. The summed E-state index contributed by atoms with van der Waals surface area (Å²) in [6.45, 7) is 1.87. The van der Waals surface area contributed by atoms with Crippen LogP contribution in [-0.2, 0) is 7.05 Å². The molecule has 0 aliphatic heterocycles. The number of carbonyl (C=O) groups is 1. The van der Waals surface area contributed by atoms with Crippen LogP contribution in [0.5, 0.6) is 0 Å². The first-order chi connectivity index (χ1) is 11.1. The molecule has 3 rings (SSSR count). The Morgan fingerprint density at radius 3 is 2.65 bits per heavy atom. The number of rotatable bonds is 3. The number of pyridine rings is 1. The number of carbonyl (C=O) groups excluding carboxylic acids is 1. The summed E-state index contributed by atoms with van der Waals surface area (Å²) in [4.78, 5) is 15.9. The Labute approximate surface area is 132 Å². The molecule has 0 fully saturated rings. The Hall–Kier alpha value is -3.02. The van der Waals surface area contributed by atoms with Gasteiger partial charge in [-0.2, -0.15) is 5.10 Å². The molecule has 1 aromatic carbocycles. The second-order valence-corrected chi connectivity index (χ2v) is 5.12. The zero-order chi connectivity index (χ0) is 16.4. The first-order valence-corrected chi connectivity index (χ1v) is 7.08. The molecule has 0 unspecified atom stereocenters. The molecule has 0 aliphatic rings. The molecule has 6 heteroatoms. The highest BCUT2D eigenvalue weighted by Gasteiger charge is 2.18. The van der Waals surface area contributed by atoms with Gasteiger partial charge in [-0.1, -0.05) is 30.3 Å². The summed E-state index contributed by atoms with van der Waals surface area (Å²) >= 11 is 0. The van der Waals surface area contributed by atoms with Crippen LogP contribution < -0.4 is 5.32 Å². The number of anilines is 1. The van der Waals surface area contributed by atoms with E-state index in [1.54, 1.807) is 11.7 Å². The van der Waals surface area contributed by atoms with E-state index in [0.717, 1.165) is 23.0 Å². The molecule has 0 saturated carbocycles. The van der Waals surface area contributed by atoms with Gasteiger partial charge in [0, 0.05) is 24.4 Å². The average Bonchev–Trinajstić information content (AvgIpc) is 2.84. The average molecular weight is 310 g/mol. The molecule has 0 saturated heterocycles. The van der Waals surface area contributed by atoms with Crippen molar-refractivity contribution in [1.82, 2.24) is 14.8 Å². The maximum atomic E-state index is 13.7. The van der Waals surface area contributed by atoms with Crippen molar-refractivity contribution >= 4 is 11.7 Å². The second kappa shape index (κ2) is 6.00. The number of nitrogens with one attached hydrogen (secondary N) is 1. The van der Waals surface area contributed by atoms with Gasteiger partial charge < -0.3 is 5.32 Å². The van der Waals surface area contributed by atoms with Crippen LogP contribution in [0.4, 0.5) is 10.2 Å². The van der Waals surface area contributed by atoms with E-state index in [9.17, 15) is 9.18 Å². The van der Waals surface area contributed by atoms with Gasteiger partial charge in [0.05, 0.1) is 17.5 Å². The van der Waals surface area contributed by atoms with Crippen LogP contribution in [0, 0.1) is 12.7 Å². The van der Waals surface area contributed by atoms with Crippen LogP contribution in [0.1, 0.15) is 15.9 Å². The van der Waals surface area contributed by atoms with E-state index in [1.165, 1.54) is 12.3 Å². The lowest BCUT2D eigenvalue weighted by Crippen LogP contribution is -2.16. The fraction of sp³-hybridized carbons (Fsp3) is 0.118. The highest BCUT2D eigenvalue weighted by Crippen LogP contribution is 2.27. The minimum Gasteiger partial charge on any atom is -0.306 e. The Bertz CT molecular complexity index is 858. The van der Waals surface area contributed by atoms with E-state index in [2.05, 4.69) is 15.4 Å². The van der Waals surface area contributed by atoms with Crippen molar-refractivity contribution in [2.45, 2.75) is 6.92 Å². The van der Waals surface area contributed by atoms with Crippen LogP contribution in [0.25, 0.3) is 11.3 Å². The van der Waals surface area contributed by atoms with E-state index in [-0.39, 0.29) is 5.56 Å². The van der Waals surface area contributed by atoms with E-state index in [0.29, 0.717) is 5.82 Å². The normalized spacial score (nSPS) is 10.6. The molecule has 2 aromatic heterocycles. The molecular weight excluding hydrogens is 295 g/mol. The fourth-order valence-corrected chi connectivity index (χ4v) is 2.41. The van der Waals surface area contributed by atoms with Crippen LogP contribution >= 0.6 is 0 Å². The molecule has 1 amide bonds.